The van der Waals surface area contributed by atoms with Crippen molar-refractivity contribution in [3.63, 3.8) is 0 Å². The molecule has 1 aromatic heterocycles. The molecule has 0 aliphatic carbocycles. The van der Waals surface area contributed by atoms with Crippen molar-refractivity contribution in [2.45, 2.75) is 13.3 Å². The van der Waals surface area contributed by atoms with Crippen molar-refractivity contribution >= 4 is 28.9 Å². The van der Waals surface area contributed by atoms with E-state index in [0.29, 0.717) is 11.3 Å². The van der Waals surface area contributed by atoms with Gasteiger partial charge in [0.05, 0.1) is 24.8 Å². The molecular weight excluding hydrogens is 348 g/mol. The molecule has 0 atom stereocenters. The highest BCUT2D eigenvalue weighted by molar-refractivity contribution is 7.13. The Labute approximate surface area is 155 Å². The summed E-state index contributed by atoms with van der Waals surface area (Å²) in [7, 11) is 1.33. The molecule has 0 saturated heterocycles. The minimum absolute atomic E-state index is 0.156. The van der Waals surface area contributed by atoms with Crippen LogP contribution in [0.15, 0.2) is 53.9 Å². The second-order valence-corrected chi connectivity index (χ2v) is 6.66. The predicted molar refractivity (Wildman–Crippen MR) is 102 cm³/mol. The quantitative estimate of drug-likeness (QED) is 0.691. The predicted octanol–water partition coefficient (Wildman–Crippen LogP) is 4.09. The Kier molecular flexibility index (Phi) is 5.43. The van der Waals surface area contributed by atoms with Crippen molar-refractivity contribution < 1.29 is 14.3 Å². The Hall–Kier alpha value is -2.99. The summed E-state index contributed by atoms with van der Waals surface area (Å²) < 4.78 is 4.65. The number of aryl methyl sites for hydroxylation is 1. The Balaban J connectivity index is 1.61. The van der Waals surface area contributed by atoms with Crippen LogP contribution in [0.4, 0.5) is 5.69 Å². The molecule has 3 rings (SSSR count). The van der Waals surface area contributed by atoms with Gasteiger partial charge in [-0.1, -0.05) is 29.8 Å². The topological polar surface area (TPSA) is 68.3 Å². The van der Waals surface area contributed by atoms with Gasteiger partial charge >= 0.3 is 5.97 Å². The van der Waals surface area contributed by atoms with Crippen molar-refractivity contribution in [1.82, 2.24) is 4.98 Å². The van der Waals surface area contributed by atoms with Crippen molar-refractivity contribution in [3.05, 3.63) is 70.7 Å². The second-order valence-electron chi connectivity index (χ2n) is 5.80. The summed E-state index contributed by atoms with van der Waals surface area (Å²) in [4.78, 5) is 28.2. The fraction of sp³-hybridized carbons (Fsp3) is 0.150. The molecule has 0 spiro atoms. The number of benzene rings is 2. The molecule has 1 N–H and O–H groups in total. The molecule has 0 unspecified atom stereocenters. The van der Waals surface area contributed by atoms with E-state index in [0.717, 1.165) is 16.3 Å². The highest BCUT2D eigenvalue weighted by Crippen LogP contribution is 2.24. The van der Waals surface area contributed by atoms with Crippen molar-refractivity contribution in [2.24, 2.45) is 0 Å². The third-order valence-corrected chi connectivity index (χ3v) is 4.72. The van der Waals surface area contributed by atoms with Crippen LogP contribution in [0.1, 0.15) is 21.6 Å². The summed E-state index contributed by atoms with van der Waals surface area (Å²) in [5.41, 5.74) is 4.03. The Morgan fingerprint density at radius 3 is 2.42 bits per heavy atom. The minimum Gasteiger partial charge on any atom is -0.465 e. The van der Waals surface area contributed by atoms with Crippen molar-refractivity contribution in [2.75, 3.05) is 12.4 Å². The Morgan fingerprint density at radius 2 is 1.77 bits per heavy atom. The number of esters is 1. The van der Waals surface area contributed by atoms with E-state index < -0.39 is 5.97 Å². The fourth-order valence-electron chi connectivity index (χ4n) is 2.39. The first-order valence-corrected chi connectivity index (χ1v) is 8.93. The number of thiazole rings is 1. The number of carbonyl (C=O) groups is 2. The van der Waals surface area contributed by atoms with Gasteiger partial charge in [0.15, 0.2) is 0 Å². The first-order valence-electron chi connectivity index (χ1n) is 8.05. The third kappa shape index (κ3) is 4.34. The van der Waals surface area contributed by atoms with Gasteiger partial charge in [-0.25, -0.2) is 9.78 Å². The van der Waals surface area contributed by atoms with E-state index in [9.17, 15) is 9.59 Å². The number of ether oxygens (including phenoxy) is 1. The normalized spacial score (nSPS) is 10.4. The number of rotatable bonds is 5. The molecule has 1 amide bonds. The van der Waals surface area contributed by atoms with Crippen molar-refractivity contribution in [1.29, 1.82) is 0 Å². The maximum absolute atomic E-state index is 12.2. The van der Waals surface area contributed by atoms with Gasteiger partial charge in [-0.15, -0.1) is 11.3 Å². The number of amides is 1. The van der Waals surface area contributed by atoms with Crippen LogP contribution in [0.25, 0.3) is 10.6 Å². The highest BCUT2D eigenvalue weighted by atomic mass is 32.1. The molecule has 1 heterocycles. The molecule has 26 heavy (non-hydrogen) atoms. The van der Waals surface area contributed by atoms with Crippen LogP contribution in [-0.4, -0.2) is 24.0 Å². The van der Waals surface area contributed by atoms with E-state index in [2.05, 4.69) is 15.0 Å². The van der Waals surface area contributed by atoms with Crippen LogP contribution in [0.3, 0.4) is 0 Å². The molecular formula is C20H18N2O3S. The SMILES string of the molecule is COC(=O)c1ccc(NC(=O)Cc2csc(-c3ccc(C)cc3)n2)cc1. The number of hydrogen-bond donors (Lipinski definition) is 1. The number of anilines is 1. The summed E-state index contributed by atoms with van der Waals surface area (Å²) in [5.74, 6) is -0.564. The van der Waals surface area contributed by atoms with Gasteiger partial charge in [0.2, 0.25) is 5.91 Å². The van der Waals surface area contributed by atoms with Crippen LogP contribution < -0.4 is 5.32 Å². The number of methoxy groups -OCH3 is 1. The van der Waals surface area contributed by atoms with Gasteiger partial charge in [0.25, 0.3) is 0 Å². The smallest absolute Gasteiger partial charge is 0.337 e. The molecule has 132 valence electrons. The lowest BCUT2D eigenvalue weighted by atomic mass is 10.2. The maximum atomic E-state index is 12.2. The minimum atomic E-state index is -0.408. The number of nitrogens with one attached hydrogen (secondary N) is 1. The lowest BCUT2D eigenvalue weighted by Gasteiger charge is -2.05. The van der Waals surface area contributed by atoms with Crippen LogP contribution in [0.5, 0.6) is 0 Å². The van der Waals surface area contributed by atoms with Crippen molar-refractivity contribution in [3.8, 4) is 10.6 Å². The molecule has 6 heteroatoms. The lowest BCUT2D eigenvalue weighted by molar-refractivity contribution is -0.115. The standard InChI is InChI=1S/C20H18N2O3S/c1-13-3-5-14(6-4-13)19-22-17(12-26-19)11-18(23)21-16-9-7-15(8-10-16)20(24)25-2/h3-10,12H,11H2,1-2H3,(H,21,23). The summed E-state index contributed by atoms with van der Waals surface area (Å²) in [6.45, 7) is 2.04. The molecule has 0 aliphatic rings. The molecule has 3 aromatic rings. The van der Waals surface area contributed by atoms with E-state index in [4.69, 9.17) is 0 Å². The van der Waals surface area contributed by atoms with Crippen LogP contribution in [0.2, 0.25) is 0 Å². The van der Waals surface area contributed by atoms with Crippen LogP contribution >= 0.6 is 11.3 Å². The summed E-state index contributed by atoms with van der Waals surface area (Å²) in [6.07, 6.45) is 0.196. The summed E-state index contributed by atoms with van der Waals surface area (Å²) >= 11 is 1.52. The zero-order valence-electron chi connectivity index (χ0n) is 14.5. The lowest BCUT2D eigenvalue weighted by Crippen LogP contribution is -2.14. The monoisotopic (exact) mass is 366 g/mol. The molecule has 0 fully saturated rings. The number of aromatic nitrogens is 1. The second kappa shape index (κ2) is 7.93. The Morgan fingerprint density at radius 1 is 1.08 bits per heavy atom. The highest BCUT2D eigenvalue weighted by Gasteiger charge is 2.10. The van der Waals surface area contributed by atoms with Gasteiger partial charge in [0.1, 0.15) is 5.01 Å². The molecule has 0 radical (unpaired) electrons. The van der Waals surface area contributed by atoms with E-state index in [1.807, 2.05) is 36.6 Å². The van der Waals surface area contributed by atoms with Crippen LogP contribution in [-0.2, 0) is 16.0 Å². The summed E-state index contributed by atoms with van der Waals surface area (Å²) in [6, 6.07) is 14.7. The average Bonchev–Trinajstić information content (AvgIpc) is 3.10. The number of hydrogen-bond acceptors (Lipinski definition) is 5. The van der Waals surface area contributed by atoms with Gasteiger partial charge in [-0.05, 0) is 31.2 Å². The number of carbonyl (C=O) groups excluding carboxylic acids is 2. The number of nitrogens with zero attached hydrogens (tertiary/aromatic N) is 1. The van der Waals surface area contributed by atoms with E-state index in [-0.39, 0.29) is 12.3 Å². The fourth-order valence-corrected chi connectivity index (χ4v) is 3.22. The van der Waals surface area contributed by atoms with E-state index in [1.165, 1.54) is 24.0 Å². The maximum Gasteiger partial charge on any atom is 0.337 e. The first kappa shape index (κ1) is 17.8. The third-order valence-electron chi connectivity index (χ3n) is 3.78. The average molecular weight is 366 g/mol. The Bertz CT molecular complexity index is 915. The van der Waals surface area contributed by atoms with Gasteiger partial charge in [-0.3, -0.25) is 4.79 Å². The molecule has 0 bridgehead atoms. The molecule has 2 aromatic carbocycles. The molecule has 5 nitrogen and oxygen atoms in total. The molecule has 0 saturated carbocycles. The van der Waals surface area contributed by atoms with Gasteiger partial charge in [0, 0.05) is 16.6 Å². The first-order chi connectivity index (χ1) is 12.5. The van der Waals surface area contributed by atoms with Gasteiger partial charge < -0.3 is 10.1 Å². The zero-order chi connectivity index (χ0) is 18.5. The summed E-state index contributed by atoms with van der Waals surface area (Å²) in [5, 5.41) is 5.60. The van der Waals surface area contributed by atoms with Crippen LogP contribution in [0, 0.1) is 6.92 Å². The zero-order valence-corrected chi connectivity index (χ0v) is 15.3. The van der Waals surface area contributed by atoms with E-state index in [1.54, 1.807) is 24.3 Å². The van der Waals surface area contributed by atoms with E-state index >= 15 is 0 Å². The largest absolute Gasteiger partial charge is 0.465 e. The molecule has 0 aliphatic heterocycles. The van der Waals surface area contributed by atoms with Gasteiger partial charge in [-0.2, -0.15) is 0 Å².